The van der Waals surface area contributed by atoms with Crippen LogP contribution in [0.4, 0.5) is 0 Å². The molecule has 4 rings (SSSR count). The molecular formula is C19H26N4O3S. The molecule has 1 atom stereocenters. The molecule has 3 amide bonds. The Kier molecular flexibility index (Phi) is 5.43. The summed E-state index contributed by atoms with van der Waals surface area (Å²) in [5, 5.41) is 4.78. The fraction of sp³-hybridized carbons (Fsp3) is 0.684. The van der Waals surface area contributed by atoms with Crippen molar-refractivity contribution in [2.45, 2.75) is 32.1 Å². The highest BCUT2D eigenvalue weighted by atomic mass is 32.1. The molecule has 146 valence electrons. The van der Waals surface area contributed by atoms with Gasteiger partial charge >= 0.3 is 0 Å². The summed E-state index contributed by atoms with van der Waals surface area (Å²) in [7, 11) is 0. The summed E-state index contributed by atoms with van der Waals surface area (Å²) in [6.07, 6.45) is 4.52. The van der Waals surface area contributed by atoms with Gasteiger partial charge in [-0.15, -0.1) is 11.3 Å². The van der Waals surface area contributed by atoms with Gasteiger partial charge in [-0.05, 0) is 37.5 Å². The van der Waals surface area contributed by atoms with Gasteiger partial charge < -0.3 is 15.1 Å². The van der Waals surface area contributed by atoms with Gasteiger partial charge in [-0.25, -0.2) is 4.98 Å². The molecule has 2 aliphatic heterocycles. The van der Waals surface area contributed by atoms with Crippen molar-refractivity contribution >= 4 is 29.1 Å². The van der Waals surface area contributed by atoms with Crippen molar-refractivity contribution in [2.75, 3.05) is 32.7 Å². The third-order valence-corrected chi connectivity index (χ3v) is 6.47. The number of carbonyl (C=O) groups excluding carboxylic acids is 3. The summed E-state index contributed by atoms with van der Waals surface area (Å²) in [5.41, 5.74) is 2.20. The highest BCUT2D eigenvalue weighted by Crippen LogP contribution is 2.28. The molecule has 1 unspecified atom stereocenters. The summed E-state index contributed by atoms with van der Waals surface area (Å²) in [4.78, 5) is 44.7. The first-order valence-electron chi connectivity index (χ1n) is 9.83. The highest BCUT2D eigenvalue weighted by molar-refractivity contribution is 7.07. The number of hydrogen-bond acceptors (Lipinski definition) is 5. The van der Waals surface area contributed by atoms with Crippen LogP contribution in [0.25, 0.3) is 0 Å². The van der Waals surface area contributed by atoms with Gasteiger partial charge in [0, 0.05) is 44.5 Å². The van der Waals surface area contributed by atoms with Gasteiger partial charge in [-0.1, -0.05) is 0 Å². The molecule has 1 aliphatic carbocycles. The number of hydrogen-bond donors (Lipinski definition) is 1. The van der Waals surface area contributed by atoms with E-state index in [1.807, 2.05) is 9.80 Å². The second kappa shape index (κ2) is 7.96. The van der Waals surface area contributed by atoms with Crippen LogP contribution in [0, 0.1) is 17.8 Å². The average Bonchev–Trinajstić information content (AvgIpc) is 3.20. The first-order valence-corrected chi connectivity index (χ1v) is 10.8. The Balaban J connectivity index is 1.22. The smallest absolute Gasteiger partial charge is 0.273 e. The van der Waals surface area contributed by atoms with Crippen molar-refractivity contribution in [1.82, 2.24) is 20.1 Å². The van der Waals surface area contributed by atoms with E-state index in [9.17, 15) is 14.4 Å². The molecule has 1 aromatic heterocycles. The van der Waals surface area contributed by atoms with Crippen molar-refractivity contribution in [2.24, 2.45) is 17.8 Å². The molecule has 0 aromatic carbocycles. The number of carbonyl (C=O) groups is 3. The summed E-state index contributed by atoms with van der Waals surface area (Å²) in [6, 6.07) is 0. The summed E-state index contributed by atoms with van der Waals surface area (Å²) < 4.78 is 0. The van der Waals surface area contributed by atoms with Gasteiger partial charge in [0.1, 0.15) is 5.69 Å². The molecule has 1 N–H and O–H groups in total. The second-order valence-electron chi connectivity index (χ2n) is 8.00. The Labute approximate surface area is 163 Å². The zero-order chi connectivity index (χ0) is 18.8. The largest absolute Gasteiger partial charge is 0.356 e. The van der Waals surface area contributed by atoms with E-state index >= 15 is 0 Å². The van der Waals surface area contributed by atoms with Crippen LogP contribution >= 0.6 is 11.3 Å². The van der Waals surface area contributed by atoms with E-state index in [1.165, 1.54) is 24.2 Å². The SMILES string of the molecule is O=C(NCC1CC1)C1CC(=O)N(CC2CCN(C(=O)c3cscn3)CC2)C1. The van der Waals surface area contributed by atoms with Gasteiger partial charge in [0.05, 0.1) is 11.4 Å². The van der Waals surface area contributed by atoms with Crippen LogP contribution in [0.3, 0.4) is 0 Å². The maximum absolute atomic E-state index is 12.4. The van der Waals surface area contributed by atoms with Crippen LogP contribution in [0.2, 0.25) is 0 Å². The Morgan fingerprint density at radius 2 is 1.96 bits per heavy atom. The van der Waals surface area contributed by atoms with Crippen LogP contribution in [-0.4, -0.2) is 65.2 Å². The van der Waals surface area contributed by atoms with Crippen molar-refractivity contribution in [1.29, 1.82) is 0 Å². The van der Waals surface area contributed by atoms with Crippen molar-refractivity contribution < 1.29 is 14.4 Å². The van der Waals surface area contributed by atoms with Gasteiger partial charge in [0.25, 0.3) is 5.91 Å². The first-order chi connectivity index (χ1) is 13.1. The summed E-state index contributed by atoms with van der Waals surface area (Å²) >= 11 is 1.43. The monoisotopic (exact) mass is 390 g/mol. The topological polar surface area (TPSA) is 82.6 Å². The molecule has 3 aliphatic rings. The minimum atomic E-state index is -0.206. The molecular weight excluding hydrogens is 364 g/mol. The predicted octanol–water partition coefficient (Wildman–Crippen LogP) is 1.37. The van der Waals surface area contributed by atoms with Gasteiger partial charge in [-0.2, -0.15) is 0 Å². The van der Waals surface area contributed by atoms with E-state index in [-0.39, 0.29) is 23.6 Å². The first kappa shape index (κ1) is 18.4. The normalized spacial score (nSPS) is 23.7. The van der Waals surface area contributed by atoms with Gasteiger partial charge in [0.2, 0.25) is 11.8 Å². The summed E-state index contributed by atoms with van der Waals surface area (Å²) in [5.74, 6) is 0.951. The molecule has 8 heteroatoms. The molecule has 1 aromatic rings. The van der Waals surface area contributed by atoms with E-state index in [0.29, 0.717) is 50.1 Å². The molecule has 2 saturated heterocycles. The van der Waals surface area contributed by atoms with Gasteiger partial charge in [-0.3, -0.25) is 14.4 Å². The van der Waals surface area contributed by atoms with E-state index in [0.717, 1.165) is 19.4 Å². The zero-order valence-corrected chi connectivity index (χ0v) is 16.2. The minimum absolute atomic E-state index is 0.000605. The molecule has 0 radical (unpaired) electrons. The maximum Gasteiger partial charge on any atom is 0.273 e. The van der Waals surface area contributed by atoms with Crippen molar-refractivity contribution in [3.05, 3.63) is 16.6 Å². The molecule has 1 saturated carbocycles. The van der Waals surface area contributed by atoms with Crippen LogP contribution in [0.1, 0.15) is 42.6 Å². The van der Waals surface area contributed by atoms with E-state index in [1.54, 1.807) is 10.9 Å². The maximum atomic E-state index is 12.4. The third kappa shape index (κ3) is 4.48. The van der Waals surface area contributed by atoms with E-state index < -0.39 is 0 Å². The summed E-state index contributed by atoms with van der Waals surface area (Å²) in [6.45, 7) is 3.40. The molecule has 7 nitrogen and oxygen atoms in total. The molecule has 0 spiro atoms. The van der Waals surface area contributed by atoms with Gasteiger partial charge in [0.15, 0.2) is 0 Å². The lowest BCUT2D eigenvalue weighted by molar-refractivity contribution is -0.129. The van der Waals surface area contributed by atoms with E-state index in [2.05, 4.69) is 10.3 Å². The number of nitrogens with zero attached hydrogens (tertiary/aromatic N) is 3. The minimum Gasteiger partial charge on any atom is -0.356 e. The predicted molar refractivity (Wildman–Crippen MR) is 101 cm³/mol. The Bertz CT molecular complexity index is 696. The van der Waals surface area contributed by atoms with Crippen molar-refractivity contribution in [3.8, 4) is 0 Å². The number of likely N-dealkylation sites (tertiary alicyclic amines) is 2. The fourth-order valence-corrected chi connectivity index (χ4v) is 4.47. The van der Waals surface area contributed by atoms with Crippen LogP contribution in [0.5, 0.6) is 0 Å². The Morgan fingerprint density at radius 3 is 2.63 bits per heavy atom. The lowest BCUT2D eigenvalue weighted by atomic mass is 9.96. The number of aromatic nitrogens is 1. The number of amides is 3. The lowest BCUT2D eigenvalue weighted by Gasteiger charge is -2.33. The van der Waals surface area contributed by atoms with Crippen LogP contribution < -0.4 is 5.32 Å². The Morgan fingerprint density at radius 1 is 1.19 bits per heavy atom. The van der Waals surface area contributed by atoms with E-state index in [4.69, 9.17) is 0 Å². The number of thiazole rings is 1. The number of rotatable bonds is 6. The highest BCUT2D eigenvalue weighted by Gasteiger charge is 2.36. The third-order valence-electron chi connectivity index (χ3n) is 5.88. The molecule has 27 heavy (non-hydrogen) atoms. The molecule has 3 fully saturated rings. The van der Waals surface area contributed by atoms with Crippen molar-refractivity contribution in [3.63, 3.8) is 0 Å². The zero-order valence-electron chi connectivity index (χ0n) is 15.4. The quantitative estimate of drug-likeness (QED) is 0.795. The lowest BCUT2D eigenvalue weighted by Crippen LogP contribution is -2.42. The number of piperidine rings is 1. The average molecular weight is 391 g/mol. The second-order valence-corrected chi connectivity index (χ2v) is 8.72. The number of nitrogens with one attached hydrogen (secondary N) is 1. The van der Waals surface area contributed by atoms with Crippen LogP contribution in [0.15, 0.2) is 10.9 Å². The molecule has 3 heterocycles. The fourth-order valence-electron chi connectivity index (χ4n) is 3.95. The molecule has 0 bridgehead atoms. The Hall–Kier alpha value is -1.96. The van der Waals surface area contributed by atoms with Crippen LogP contribution in [-0.2, 0) is 9.59 Å². The standard InChI is InChI=1S/C19H26N4O3S/c24-17-7-15(18(25)20-8-13-1-2-13)10-23(17)9-14-3-5-22(6-4-14)19(26)16-11-27-12-21-16/h11-15H,1-10H2,(H,20,25).